The molecule has 2 aromatic rings. The number of nitrogens with one attached hydrogen (secondary N) is 1. The van der Waals surface area contributed by atoms with Crippen molar-refractivity contribution in [1.82, 2.24) is 0 Å². The molecule has 0 saturated heterocycles. The number of benzene rings is 1. The molecule has 1 aliphatic rings. The molecular formula is C17H19N3O3. The number of nitrogens with zero attached hydrogens (tertiary/aromatic N) is 1. The molecule has 0 aliphatic carbocycles. The number of fused-ring (bicyclic) bond motifs is 1. The molecular weight excluding hydrogens is 294 g/mol. The van der Waals surface area contributed by atoms with Crippen LogP contribution in [0.5, 0.6) is 0 Å². The lowest BCUT2D eigenvalue weighted by Crippen LogP contribution is -2.34. The summed E-state index contributed by atoms with van der Waals surface area (Å²) in [5, 5.41) is 3.14. The van der Waals surface area contributed by atoms with Gasteiger partial charge in [-0.1, -0.05) is 6.92 Å². The normalized spacial score (nSPS) is 14.4. The Hall–Kier alpha value is -2.76. The first-order valence-electron chi connectivity index (χ1n) is 7.63. The largest absolute Gasteiger partial charge is 0.472 e. The van der Waals surface area contributed by atoms with Gasteiger partial charge in [-0.05, 0) is 42.7 Å². The molecule has 1 unspecified atom stereocenters. The number of primary amides is 1. The number of carbonyl (C=O) groups is 2. The highest BCUT2D eigenvalue weighted by Gasteiger charge is 2.26. The van der Waals surface area contributed by atoms with E-state index in [1.807, 2.05) is 25.1 Å². The Kier molecular flexibility index (Phi) is 4.06. The lowest BCUT2D eigenvalue weighted by atomic mass is 10.1. The van der Waals surface area contributed by atoms with Crippen LogP contribution in [0.1, 0.15) is 29.3 Å². The average Bonchev–Trinajstić information content (AvgIpc) is 3.20. The molecule has 0 spiro atoms. The summed E-state index contributed by atoms with van der Waals surface area (Å²) in [7, 11) is 0. The third-order valence-corrected chi connectivity index (χ3v) is 4.08. The fourth-order valence-corrected chi connectivity index (χ4v) is 2.82. The lowest BCUT2D eigenvalue weighted by molar-refractivity contribution is -0.118. The SMILES string of the molecule is CCC(Nc1ccc2c(c1)CCN2C(=O)c1ccoc1)C(N)=O. The second kappa shape index (κ2) is 6.16. The van der Waals surface area contributed by atoms with Gasteiger partial charge in [0.25, 0.3) is 5.91 Å². The molecule has 3 N–H and O–H groups in total. The number of nitrogens with two attached hydrogens (primary N) is 1. The average molecular weight is 313 g/mol. The van der Waals surface area contributed by atoms with E-state index in [4.69, 9.17) is 10.2 Å². The first-order valence-corrected chi connectivity index (χ1v) is 7.63. The third kappa shape index (κ3) is 2.92. The predicted molar refractivity (Wildman–Crippen MR) is 87.4 cm³/mol. The van der Waals surface area contributed by atoms with Gasteiger partial charge in [-0.3, -0.25) is 9.59 Å². The second-order valence-corrected chi connectivity index (χ2v) is 5.57. The van der Waals surface area contributed by atoms with Crippen molar-refractivity contribution in [3.8, 4) is 0 Å². The van der Waals surface area contributed by atoms with Gasteiger partial charge in [0.2, 0.25) is 5.91 Å². The van der Waals surface area contributed by atoms with Gasteiger partial charge in [-0.25, -0.2) is 0 Å². The van der Waals surface area contributed by atoms with Crippen LogP contribution in [0, 0.1) is 0 Å². The highest BCUT2D eigenvalue weighted by molar-refractivity contribution is 6.07. The van der Waals surface area contributed by atoms with Crippen LogP contribution in [0.2, 0.25) is 0 Å². The van der Waals surface area contributed by atoms with Crippen molar-refractivity contribution in [3.05, 3.63) is 47.9 Å². The number of carbonyl (C=O) groups excluding carboxylic acids is 2. The Bertz CT molecular complexity index is 725. The van der Waals surface area contributed by atoms with Crippen LogP contribution in [-0.4, -0.2) is 24.4 Å². The summed E-state index contributed by atoms with van der Waals surface area (Å²) in [6.45, 7) is 2.54. The molecule has 2 heterocycles. The summed E-state index contributed by atoms with van der Waals surface area (Å²) in [6, 6.07) is 7.01. The predicted octanol–water partition coefficient (Wildman–Crippen LogP) is 2.16. The highest BCUT2D eigenvalue weighted by Crippen LogP contribution is 2.32. The van der Waals surface area contributed by atoms with E-state index in [1.54, 1.807) is 11.0 Å². The van der Waals surface area contributed by atoms with Crippen LogP contribution in [-0.2, 0) is 11.2 Å². The molecule has 1 atom stereocenters. The molecule has 1 aromatic carbocycles. The molecule has 3 rings (SSSR count). The van der Waals surface area contributed by atoms with Crippen LogP contribution in [0.3, 0.4) is 0 Å². The van der Waals surface area contributed by atoms with E-state index in [-0.39, 0.29) is 11.8 Å². The summed E-state index contributed by atoms with van der Waals surface area (Å²) >= 11 is 0. The van der Waals surface area contributed by atoms with E-state index in [0.29, 0.717) is 18.5 Å². The maximum absolute atomic E-state index is 12.5. The summed E-state index contributed by atoms with van der Waals surface area (Å²) in [6.07, 6.45) is 4.35. The Morgan fingerprint density at radius 1 is 1.39 bits per heavy atom. The molecule has 23 heavy (non-hydrogen) atoms. The van der Waals surface area contributed by atoms with Crippen molar-refractivity contribution in [2.45, 2.75) is 25.8 Å². The molecule has 0 fully saturated rings. The molecule has 120 valence electrons. The summed E-state index contributed by atoms with van der Waals surface area (Å²) < 4.78 is 4.98. The van der Waals surface area contributed by atoms with Crippen molar-refractivity contribution in [3.63, 3.8) is 0 Å². The zero-order valence-electron chi connectivity index (χ0n) is 12.9. The van der Waals surface area contributed by atoms with Gasteiger partial charge in [0.1, 0.15) is 12.3 Å². The van der Waals surface area contributed by atoms with Crippen LogP contribution in [0.25, 0.3) is 0 Å². The molecule has 1 aliphatic heterocycles. The van der Waals surface area contributed by atoms with E-state index < -0.39 is 6.04 Å². The molecule has 1 aromatic heterocycles. The zero-order valence-corrected chi connectivity index (χ0v) is 12.9. The Labute approximate surface area is 134 Å². The number of furan rings is 1. The quantitative estimate of drug-likeness (QED) is 0.885. The van der Waals surface area contributed by atoms with E-state index in [1.165, 1.54) is 12.5 Å². The van der Waals surface area contributed by atoms with Gasteiger partial charge in [-0.2, -0.15) is 0 Å². The first kappa shape index (κ1) is 15.1. The zero-order chi connectivity index (χ0) is 16.4. The number of hydrogen-bond donors (Lipinski definition) is 2. The number of amides is 2. The minimum Gasteiger partial charge on any atom is -0.472 e. The monoisotopic (exact) mass is 313 g/mol. The van der Waals surface area contributed by atoms with Crippen LogP contribution < -0.4 is 16.0 Å². The summed E-state index contributed by atoms with van der Waals surface area (Å²) in [4.78, 5) is 25.5. The fraction of sp³-hybridized carbons (Fsp3) is 0.294. The van der Waals surface area contributed by atoms with Gasteiger partial charge >= 0.3 is 0 Å². The van der Waals surface area contributed by atoms with Gasteiger partial charge in [0.15, 0.2) is 0 Å². The van der Waals surface area contributed by atoms with Crippen LogP contribution in [0.4, 0.5) is 11.4 Å². The summed E-state index contributed by atoms with van der Waals surface area (Å²) in [5.41, 5.74) is 8.71. The van der Waals surface area contributed by atoms with E-state index in [9.17, 15) is 9.59 Å². The number of hydrogen-bond acceptors (Lipinski definition) is 4. The minimum atomic E-state index is -0.391. The van der Waals surface area contributed by atoms with Gasteiger partial charge < -0.3 is 20.4 Å². The van der Waals surface area contributed by atoms with E-state index in [2.05, 4.69) is 5.32 Å². The Balaban J connectivity index is 1.80. The van der Waals surface area contributed by atoms with Crippen molar-refractivity contribution in [2.75, 3.05) is 16.8 Å². The van der Waals surface area contributed by atoms with Gasteiger partial charge in [-0.15, -0.1) is 0 Å². The third-order valence-electron chi connectivity index (χ3n) is 4.08. The van der Waals surface area contributed by atoms with Crippen LogP contribution in [0.15, 0.2) is 41.2 Å². The number of rotatable bonds is 5. The Morgan fingerprint density at radius 3 is 2.87 bits per heavy atom. The minimum absolute atomic E-state index is 0.0678. The van der Waals surface area contributed by atoms with Crippen molar-refractivity contribution in [2.24, 2.45) is 5.73 Å². The van der Waals surface area contributed by atoms with Crippen molar-refractivity contribution < 1.29 is 14.0 Å². The summed E-state index contributed by atoms with van der Waals surface area (Å²) in [5.74, 6) is -0.438. The van der Waals surface area contributed by atoms with E-state index >= 15 is 0 Å². The van der Waals surface area contributed by atoms with E-state index in [0.717, 1.165) is 23.4 Å². The molecule has 6 heteroatoms. The molecule has 2 amide bonds. The maximum atomic E-state index is 12.5. The number of anilines is 2. The molecule has 6 nitrogen and oxygen atoms in total. The fourth-order valence-electron chi connectivity index (χ4n) is 2.82. The highest BCUT2D eigenvalue weighted by atomic mass is 16.3. The van der Waals surface area contributed by atoms with Gasteiger partial charge in [0, 0.05) is 17.9 Å². The molecule has 0 bridgehead atoms. The molecule has 0 radical (unpaired) electrons. The van der Waals surface area contributed by atoms with Crippen LogP contribution >= 0.6 is 0 Å². The topological polar surface area (TPSA) is 88.6 Å². The maximum Gasteiger partial charge on any atom is 0.261 e. The van der Waals surface area contributed by atoms with Gasteiger partial charge in [0.05, 0.1) is 11.8 Å². The Morgan fingerprint density at radius 2 is 2.22 bits per heavy atom. The lowest BCUT2D eigenvalue weighted by Gasteiger charge is -2.18. The standard InChI is InChI=1S/C17H19N3O3/c1-2-14(16(18)21)19-13-3-4-15-11(9-13)5-7-20(15)17(22)12-6-8-23-10-12/h3-4,6,8-10,14,19H,2,5,7H2,1H3,(H2,18,21). The second-order valence-electron chi connectivity index (χ2n) is 5.57. The molecule has 0 saturated carbocycles. The smallest absolute Gasteiger partial charge is 0.261 e. The van der Waals surface area contributed by atoms with Crippen molar-refractivity contribution >= 4 is 23.2 Å². The first-order chi connectivity index (χ1) is 11.1. The van der Waals surface area contributed by atoms with Crippen molar-refractivity contribution in [1.29, 1.82) is 0 Å².